The second kappa shape index (κ2) is 10.9. The highest BCUT2D eigenvalue weighted by molar-refractivity contribution is 5.84. The van der Waals surface area contributed by atoms with E-state index in [9.17, 15) is 0 Å². The van der Waals surface area contributed by atoms with Gasteiger partial charge >= 0.3 is 0 Å². The molecule has 0 N–H and O–H groups in total. The van der Waals surface area contributed by atoms with Crippen molar-refractivity contribution in [2.75, 3.05) is 27.4 Å². The molecule has 2 aromatic rings. The Morgan fingerprint density at radius 2 is 1.48 bits per heavy atom. The summed E-state index contributed by atoms with van der Waals surface area (Å²) in [5, 5.41) is 1.00. The maximum Gasteiger partial charge on any atom is 0.162 e. The summed E-state index contributed by atoms with van der Waals surface area (Å²) in [6, 6.07) is 3.86. The fraction of sp³-hybridized carbons (Fsp3) is 0.600. The summed E-state index contributed by atoms with van der Waals surface area (Å²) in [5.41, 5.74) is 1.88. The van der Waals surface area contributed by atoms with Crippen LogP contribution in [0.2, 0.25) is 0 Å². The van der Waals surface area contributed by atoms with Crippen molar-refractivity contribution < 1.29 is 14.2 Å². The molecule has 0 aliphatic carbocycles. The quantitative estimate of drug-likeness (QED) is 0.789. The van der Waals surface area contributed by atoms with Crippen molar-refractivity contribution in [1.29, 1.82) is 0 Å². The highest BCUT2D eigenvalue weighted by atomic mass is 16.5. The minimum atomic E-state index is 0.384. The van der Waals surface area contributed by atoms with E-state index in [0.29, 0.717) is 17.4 Å². The van der Waals surface area contributed by atoms with Gasteiger partial charge in [0.25, 0.3) is 0 Å². The molecule has 5 heteroatoms. The van der Waals surface area contributed by atoms with Crippen molar-refractivity contribution in [2.24, 2.45) is 0 Å². The zero-order valence-corrected chi connectivity index (χ0v) is 16.7. The summed E-state index contributed by atoms with van der Waals surface area (Å²) in [5.74, 6) is 2.70. The molecular weight excluding hydrogens is 316 g/mol. The highest BCUT2D eigenvalue weighted by Crippen LogP contribution is 2.33. The van der Waals surface area contributed by atoms with Crippen molar-refractivity contribution in [3.63, 3.8) is 0 Å². The average molecular weight is 348 g/mol. The number of nitrogens with zero attached hydrogens (tertiary/aromatic N) is 2. The molecule has 3 rings (SSSR count). The first-order valence-corrected chi connectivity index (χ1v) is 9.21. The topological polar surface area (TPSA) is 53.5 Å². The summed E-state index contributed by atoms with van der Waals surface area (Å²) in [4.78, 5) is 9.43. The van der Waals surface area contributed by atoms with Gasteiger partial charge in [-0.2, -0.15) is 0 Å². The van der Waals surface area contributed by atoms with Gasteiger partial charge in [-0.25, -0.2) is 9.97 Å². The Balaban J connectivity index is 0.000000730. The van der Waals surface area contributed by atoms with E-state index in [-0.39, 0.29) is 0 Å². The minimum Gasteiger partial charge on any atom is -0.493 e. The van der Waals surface area contributed by atoms with Gasteiger partial charge in [0, 0.05) is 36.3 Å². The fourth-order valence-corrected chi connectivity index (χ4v) is 2.77. The van der Waals surface area contributed by atoms with Crippen LogP contribution in [-0.4, -0.2) is 37.4 Å². The van der Waals surface area contributed by atoms with Crippen LogP contribution in [0.4, 0.5) is 0 Å². The lowest BCUT2D eigenvalue weighted by atomic mass is 9.99. The van der Waals surface area contributed by atoms with Gasteiger partial charge < -0.3 is 14.2 Å². The first-order chi connectivity index (χ1) is 12.2. The van der Waals surface area contributed by atoms with E-state index in [0.717, 1.165) is 48.5 Å². The summed E-state index contributed by atoms with van der Waals surface area (Å²) in [6.07, 6.45) is 1.97. The Morgan fingerprint density at radius 1 is 0.920 bits per heavy atom. The van der Waals surface area contributed by atoms with E-state index < -0.39 is 0 Å². The molecule has 1 aromatic carbocycles. The van der Waals surface area contributed by atoms with Gasteiger partial charge in [-0.15, -0.1) is 0 Å². The number of aryl methyl sites for hydroxylation is 1. The smallest absolute Gasteiger partial charge is 0.162 e. The van der Waals surface area contributed by atoms with Crippen LogP contribution in [0.1, 0.15) is 58.0 Å². The molecule has 0 atom stereocenters. The molecule has 0 radical (unpaired) electrons. The molecule has 25 heavy (non-hydrogen) atoms. The maximum atomic E-state index is 5.41. The Morgan fingerprint density at radius 3 is 2.04 bits per heavy atom. The second-order valence-corrected chi connectivity index (χ2v) is 5.28. The molecule has 0 amide bonds. The molecule has 1 saturated heterocycles. The number of fused-ring (bicyclic) bond motifs is 1. The van der Waals surface area contributed by atoms with Crippen LogP contribution >= 0.6 is 0 Å². The van der Waals surface area contributed by atoms with Gasteiger partial charge in [-0.05, 0) is 25.8 Å². The first-order valence-electron chi connectivity index (χ1n) is 9.21. The normalized spacial score (nSPS) is 14.0. The van der Waals surface area contributed by atoms with E-state index in [1.165, 1.54) is 0 Å². The fourth-order valence-electron chi connectivity index (χ4n) is 2.77. The lowest BCUT2D eigenvalue weighted by Gasteiger charge is -2.21. The van der Waals surface area contributed by atoms with Crippen molar-refractivity contribution in [3.05, 3.63) is 23.7 Å². The van der Waals surface area contributed by atoms with E-state index >= 15 is 0 Å². The number of aromatic nitrogens is 2. The monoisotopic (exact) mass is 348 g/mol. The van der Waals surface area contributed by atoms with Gasteiger partial charge in [0.15, 0.2) is 11.5 Å². The molecule has 140 valence electrons. The van der Waals surface area contributed by atoms with Crippen molar-refractivity contribution in [1.82, 2.24) is 9.97 Å². The molecule has 5 nitrogen and oxygen atoms in total. The van der Waals surface area contributed by atoms with E-state index in [2.05, 4.69) is 0 Å². The number of benzene rings is 1. The Hall–Kier alpha value is -1.88. The molecule has 0 unspecified atom stereocenters. The summed E-state index contributed by atoms with van der Waals surface area (Å²) in [6.45, 7) is 11.6. The van der Waals surface area contributed by atoms with Crippen LogP contribution in [0, 0.1) is 6.92 Å². The first kappa shape index (κ1) is 21.2. The van der Waals surface area contributed by atoms with E-state index in [4.69, 9.17) is 24.2 Å². The van der Waals surface area contributed by atoms with Gasteiger partial charge in [-0.3, -0.25) is 0 Å². The van der Waals surface area contributed by atoms with Gasteiger partial charge in [-0.1, -0.05) is 27.7 Å². The summed E-state index contributed by atoms with van der Waals surface area (Å²) < 4.78 is 16.1. The van der Waals surface area contributed by atoms with Crippen LogP contribution in [0.5, 0.6) is 11.5 Å². The lowest BCUT2D eigenvalue weighted by Crippen LogP contribution is -2.16. The predicted molar refractivity (Wildman–Crippen MR) is 103 cm³/mol. The zero-order chi connectivity index (χ0) is 18.8. The Kier molecular flexibility index (Phi) is 9.21. The number of rotatable bonds is 3. The largest absolute Gasteiger partial charge is 0.493 e. The van der Waals surface area contributed by atoms with Crippen LogP contribution in [-0.2, 0) is 4.74 Å². The van der Waals surface area contributed by atoms with Crippen LogP contribution < -0.4 is 9.47 Å². The predicted octanol–water partition coefficient (Wildman–Crippen LogP) is 4.90. The van der Waals surface area contributed by atoms with Gasteiger partial charge in [0.1, 0.15) is 5.82 Å². The van der Waals surface area contributed by atoms with E-state index in [1.54, 1.807) is 14.2 Å². The molecule has 0 saturated carbocycles. The Bertz CT molecular complexity index is 653. The Labute approximate surface area is 151 Å². The summed E-state index contributed by atoms with van der Waals surface area (Å²) in [7, 11) is 3.27. The molecule has 1 aliphatic heterocycles. The van der Waals surface area contributed by atoms with Crippen LogP contribution in [0.15, 0.2) is 12.1 Å². The average Bonchev–Trinajstić information content (AvgIpc) is 2.70. The second-order valence-electron chi connectivity index (χ2n) is 5.28. The van der Waals surface area contributed by atoms with Crippen molar-refractivity contribution in [2.45, 2.75) is 53.4 Å². The SMILES string of the molecule is CC.CC.COc1cc2nc(C3CCOCC3)nc(C)c2cc1OC. The number of hydrogen-bond donors (Lipinski definition) is 0. The highest BCUT2D eigenvalue weighted by Gasteiger charge is 2.20. The standard InChI is InChI=1S/C16H20N2O3.2C2H6/c1-10-12-8-14(19-2)15(20-3)9-13(12)18-16(17-10)11-4-6-21-7-5-11;2*1-2/h8-9,11H,4-7H2,1-3H3;2*1-2H3. The van der Waals surface area contributed by atoms with Crippen LogP contribution in [0.3, 0.4) is 0 Å². The lowest BCUT2D eigenvalue weighted by molar-refractivity contribution is 0.0836. The molecular formula is C20H32N2O3. The number of hydrogen-bond acceptors (Lipinski definition) is 5. The number of ether oxygens (including phenoxy) is 3. The molecule has 2 heterocycles. The van der Waals surface area contributed by atoms with Gasteiger partial charge in [0.2, 0.25) is 0 Å². The third kappa shape index (κ3) is 5.05. The van der Waals surface area contributed by atoms with Crippen molar-refractivity contribution >= 4 is 10.9 Å². The third-order valence-electron chi connectivity index (χ3n) is 4.00. The molecule has 0 spiro atoms. The molecule has 1 aromatic heterocycles. The number of methoxy groups -OCH3 is 2. The molecule has 0 bridgehead atoms. The molecule has 1 aliphatic rings. The zero-order valence-electron chi connectivity index (χ0n) is 16.7. The van der Waals surface area contributed by atoms with Crippen molar-refractivity contribution in [3.8, 4) is 11.5 Å². The molecule has 1 fully saturated rings. The third-order valence-corrected chi connectivity index (χ3v) is 4.00. The van der Waals surface area contributed by atoms with E-state index in [1.807, 2.05) is 46.8 Å². The summed E-state index contributed by atoms with van der Waals surface area (Å²) >= 11 is 0. The van der Waals surface area contributed by atoms with Gasteiger partial charge in [0.05, 0.1) is 19.7 Å². The minimum absolute atomic E-state index is 0.384. The maximum absolute atomic E-state index is 5.41. The van der Waals surface area contributed by atoms with Crippen LogP contribution in [0.25, 0.3) is 10.9 Å².